The first-order valence-electron chi connectivity index (χ1n) is 8.93. The van der Waals surface area contributed by atoms with Gasteiger partial charge in [0.2, 0.25) is 0 Å². The zero-order valence-electron chi connectivity index (χ0n) is 14.7. The normalized spacial score (nSPS) is 15.2. The lowest BCUT2D eigenvalue weighted by Crippen LogP contribution is -2.17. The Morgan fingerprint density at radius 1 is 1.11 bits per heavy atom. The SMILES string of the molecule is O=C(O)c1ccc2c(c1)nc(-c1ccc(OC(F)(F)F)cc1)n2C1CCCC1. The molecule has 1 aromatic heterocycles. The molecule has 1 fully saturated rings. The van der Waals surface area contributed by atoms with Crippen LogP contribution in [-0.4, -0.2) is 27.0 Å². The van der Waals surface area contributed by atoms with Gasteiger partial charge in [0.05, 0.1) is 16.6 Å². The van der Waals surface area contributed by atoms with Crippen molar-refractivity contribution in [3.05, 3.63) is 48.0 Å². The lowest BCUT2D eigenvalue weighted by atomic mass is 10.1. The van der Waals surface area contributed by atoms with E-state index < -0.39 is 12.3 Å². The van der Waals surface area contributed by atoms with Crippen molar-refractivity contribution in [3.63, 3.8) is 0 Å². The smallest absolute Gasteiger partial charge is 0.478 e. The number of carboxylic acids is 1. The Balaban J connectivity index is 1.80. The van der Waals surface area contributed by atoms with Crippen molar-refractivity contribution in [2.75, 3.05) is 0 Å². The monoisotopic (exact) mass is 390 g/mol. The van der Waals surface area contributed by atoms with E-state index in [9.17, 15) is 23.1 Å². The van der Waals surface area contributed by atoms with Crippen molar-refractivity contribution in [3.8, 4) is 17.1 Å². The maximum atomic E-state index is 12.4. The number of halogens is 3. The summed E-state index contributed by atoms with van der Waals surface area (Å²) in [5.74, 6) is -0.719. The van der Waals surface area contributed by atoms with Gasteiger partial charge < -0.3 is 14.4 Å². The van der Waals surface area contributed by atoms with E-state index in [1.165, 1.54) is 30.3 Å². The number of ether oxygens (including phenoxy) is 1. The Kier molecular flexibility index (Phi) is 4.49. The van der Waals surface area contributed by atoms with Crippen LogP contribution in [0.15, 0.2) is 42.5 Å². The average Bonchev–Trinajstić information content (AvgIpc) is 3.27. The number of fused-ring (bicyclic) bond motifs is 1. The van der Waals surface area contributed by atoms with E-state index in [0.717, 1.165) is 31.2 Å². The largest absolute Gasteiger partial charge is 0.573 e. The van der Waals surface area contributed by atoms with Gasteiger partial charge in [-0.2, -0.15) is 0 Å². The van der Waals surface area contributed by atoms with Gasteiger partial charge in [0.25, 0.3) is 0 Å². The van der Waals surface area contributed by atoms with Crippen LogP contribution in [0.1, 0.15) is 42.1 Å². The molecule has 0 amide bonds. The Bertz CT molecular complexity index is 1020. The van der Waals surface area contributed by atoms with Crippen LogP contribution in [0.2, 0.25) is 0 Å². The van der Waals surface area contributed by atoms with E-state index in [-0.39, 0.29) is 17.4 Å². The highest BCUT2D eigenvalue weighted by Crippen LogP contribution is 2.37. The first kappa shape index (κ1) is 18.3. The number of nitrogens with zero attached hydrogens (tertiary/aromatic N) is 2. The molecule has 0 bridgehead atoms. The summed E-state index contributed by atoms with van der Waals surface area (Å²) in [5, 5.41) is 9.23. The second-order valence-corrected chi connectivity index (χ2v) is 6.82. The van der Waals surface area contributed by atoms with Gasteiger partial charge in [-0.25, -0.2) is 9.78 Å². The van der Waals surface area contributed by atoms with Crippen LogP contribution >= 0.6 is 0 Å². The van der Waals surface area contributed by atoms with Gasteiger partial charge in [-0.1, -0.05) is 12.8 Å². The molecule has 5 nitrogen and oxygen atoms in total. The third-order valence-electron chi connectivity index (χ3n) is 4.97. The molecule has 146 valence electrons. The molecular formula is C20H17F3N2O3. The second-order valence-electron chi connectivity index (χ2n) is 6.82. The molecule has 4 rings (SSSR count). The second kappa shape index (κ2) is 6.85. The fraction of sp³-hybridized carbons (Fsp3) is 0.300. The van der Waals surface area contributed by atoms with E-state index in [4.69, 9.17) is 0 Å². The van der Waals surface area contributed by atoms with Crippen molar-refractivity contribution >= 4 is 17.0 Å². The minimum absolute atomic E-state index is 0.143. The van der Waals surface area contributed by atoms with Crippen LogP contribution < -0.4 is 4.74 Å². The highest BCUT2D eigenvalue weighted by atomic mass is 19.4. The van der Waals surface area contributed by atoms with Crippen LogP contribution in [0.5, 0.6) is 5.75 Å². The summed E-state index contributed by atoms with van der Waals surface area (Å²) >= 11 is 0. The van der Waals surface area contributed by atoms with Crippen LogP contribution in [0.25, 0.3) is 22.4 Å². The Morgan fingerprint density at radius 2 is 1.79 bits per heavy atom. The predicted molar refractivity (Wildman–Crippen MR) is 96.3 cm³/mol. The molecule has 1 saturated carbocycles. The molecule has 0 saturated heterocycles. The number of aromatic nitrogens is 2. The fourth-order valence-electron chi connectivity index (χ4n) is 3.77. The minimum Gasteiger partial charge on any atom is -0.478 e. The molecule has 3 aromatic rings. The van der Waals surface area contributed by atoms with Gasteiger partial charge in [0, 0.05) is 11.6 Å². The lowest BCUT2D eigenvalue weighted by Gasteiger charge is -2.17. The predicted octanol–water partition coefficient (Wildman–Crippen LogP) is 5.42. The summed E-state index contributed by atoms with van der Waals surface area (Å²) in [6, 6.07) is 10.6. The minimum atomic E-state index is -4.74. The molecule has 0 unspecified atom stereocenters. The van der Waals surface area contributed by atoms with Crippen LogP contribution in [-0.2, 0) is 0 Å². The number of carbonyl (C=O) groups is 1. The highest BCUT2D eigenvalue weighted by Gasteiger charge is 2.31. The molecule has 28 heavy (non-hydrogen) atoms. The van der Waals surface area contributed by atoms with Gasteiger partial charge in [-0.15, -0.1) is 13.2 Å². The molecule has 0 radical (unpaired) electrons. The zero-order chi connectivity index (χ0) is 19.9. The molecule has 0 spiro atoms. The lowest BCUT2D eigenvalue weighted by molar-refractivity contribution is -0.274. The summed E-state index contributed by atoms with van der Waals surface area (Å²) in [6.07, 6.45) is -0.598. The van der Waals surface area contributed by atoms with E-state index in [1.54, 1.807) is 12.1 Å². The molecule has 1 N–H and O–H groups in total. The highest BCUT2D eigenvalue weighted by molar-refractivity contribution is 5.93. The molecule has 0 atom stereocenters. The molecule has 1 aliphatic rings. The topological polar surface area (TPSA) is 64.3 Å². The third-order valence-corrected chi connectivity index (χ3v) is 4.97. The molecule has 1 aliphatic carbocycles. The maximum absolute atomic E-state index is 12.4. The van der Waals surface area contributed by atoms with Crippen LogP contribution in [0.4, 0.5) is 13.2 Å². The number of rotatable bonds is 4. The summed E-state index contributed by atoms with van der Waals surface area (Å²) in [4.78, 5) is 15.9. The first-order chi connectivity index (χ1) is 13.3. The summed E-state index contributed by atoms with van der Waals surface area (Å²) < 4.78 is 43.2. The standard InChI is InChI=1S/C20H17F3N2O3/c21-20(22,23)28-15-8-5-12(6-9-15)18-24-16-11-13(19(26)27)7-10-17(16)25(18)14-3-1-2-4-14/h5-11,14H,1-4H2,(H,26,27). The van der Waals surface area contributed by atoms with Gasteiger partial charge in [0.15, 0.2) is 0 Å². The third kappa shape index (κ3) is 3.54. The van der Waals surface area contributed by atoms with E-state index in [2.05, 4.69) is 14.3 Å². The maximum Gasteiger partial charge on any atom is 0.573 e. The first-order valence-corrected chi connectivity index (χ1v) is 8.93. The number of imidazole rings is 1. The van der Waals surface area contributed by atoms with Crippen molar-refractivity contribution in [2.24, 2.45) is 0 Å². The van der Waals surface area contributed by atoms with E-state index >= 15 is 0 Å². The van der Waals surface area contributed by atoms with E-state index in [1.807, 2.05) is 0 Å². The Hall–Kier alpha value is -3.03. The van der Waals surface area contributed by atoms with Crippen molar-refractivity contribution in [1.29, 1.82) is 0 Å². The molecule has 8 heteroatoms. The van der Waals surface area contributed by atoms with Crippen molar-refractivity contribution in [2.45, 2.75) is 38.1 Å². The summed E-state index contributed by atoms with van der Waals surface area (Å²) in [6.45, 7) is 0. The average molecular weight is 390 g/mol. The summed E-state index contributed by atoms with van der Waals surface area (Å²) in [7, 11) is 0. The number of hydrogen-bond acceptors (Lipinski definition) is 3. The van der Waals surface area contributed by atoms with Gasteiger partial charge in [0.1, 0.15) is 11.6 Å². The number of alkyl halides is 3. The molecule has 1 heterocycles. The quantitative estimate of drug-likeness (QED) is 0.647. The number of aromatic carboxylic acids is 1. The fourth-order valence-corrected chi connectivity index (χ4v) is 3.77. The molecular weight excluding hydrogens is 373 g/mol. The van der Waals surface area contributed by atoms with Crippen molar-refractivity contribution in [1.82, 2.24) is 9.55 Å². The number of benzene rings is 2. The van der Waals surface area contributed by atoms with E-state index in [0.29, 0.717) is 16.9 Å². The van der Waals surface area contributed by atoms with Crippen LogP contribution in [0, 0.1) is 0 Å². The van der Waals surface area contributed by atoms with Crippen molar-refractivity contribution < 1.29 is 27.8 Å². The van der Waals surface area contributed by atoms with Gasteiger partial charge >= 0.3 is 12.3 Å². The molecule has 2 aromatic carbocycles. The molecule has 0 aliphatic heterocycles. The number of hydrogen-bond donors (Lipinski definition) is 1. The Labute approximate surface area is 158 Å². The van der Waals surface area contributed by atoms with Gasteiger partial charge in [-0.05, 0) is 55.3 Å². The number of carboxylic acid groups (broad SMARTS) is 1. The zero-order valence-corrected chi connectivity index (χ0v) is 14.7. The summed E-state index contributed by atoms with van der Waals surface area (Å²) in [5.41, 5.74) is 2.17. The Morgan fingerprint density at radius 3 is 2.39 bits per heavy atom. The van der Waals surface area contributed by atoms with Crippen LogP contribution in [0.3, 0.4) is 0 Å². The van der Waals surface area contributed by atoms with Gasteiger partial charge in [-0.3, -0.25) is 0 Å².